The van der Waals surface area contributed by atoms with Crippen LogP contribution in [0.3, 0.4) is 0 Å². The normalized spacial score (nSPS) is 11.5. The molecule has 24 rings (SSSR count). The van der Waals surface area contributed by atoms with Crippen molar-refractivity contribution in [1.29, 1.82) is 0 Å². The van der Waals surface area contributed by atoms with E-state index in [4.69, 9.17) is 15.0 Å². The Morgan fingerprint density at radius 2 is 0.483 bits per heavy atom. The van der Waals surface area contributed by atoms with Crippen LogP contribution in [0.2, 0.25) is 0 Å². The Hall–Kier alpha value is -16.1. The standard InChI is InChI=1S/C39H26N2.C38H25N3.C36H24N2/c1-2-11-27(12-3-1)29-14-10-15-30(23-29)31-24-32(39-34-16-5-4-13-28(34)21-22-40-39)26-33(25-31)41-37-19-8-6-17-35(37)36-18-7-9-20-38(36)41;1-2-12-26(13-3-1)27-14-10-15-28(24-27)37-33-20-4-7-21-34(33)39-38(40-37)29-16-11-17-30(25-29)41-35-22-8-5-18-31(35)32-19-6-9-23-36(32)41;1-3-11-27(12-4-1)37-33-17-9-7-15-29(33)31-23-25(19-21-35(31)37)26-20-22-36-32(24-26)30-16-8-10-18-34(30)38(36)28-13-5-2-6-14-28/h1-26H;1-25H;1-24H. The molecule has 0 aliphatic heterocycles. The molecular weight excluding hydrogens is 1460 g/mol. The SMILES string of the molecule is c1ccc(-c2cccc(-c3cc(-c4nccc5ccccc45)cc(-n4c5ccccc5c5ccccc54)c3)c2)cc1.c1ccc(-c2cccc(-c3nc(-c4cccc(-n5c6ccccc6c6ccccc65)c4)nc4ccccc34)c2)cc1.c1ccc(-n2c3ccccc3c3cc(-c4ccc5c(c4)c4ccccc4n5-c4ccccc4)ccc32)cc1. The van der Waals surface area contributed by atoms with Crippen LogP contribution in [0.15, 0.2) is 455 Å². The number of para-hydroxylation sites is 9. The van der Waals surface area contributed by atoms with Crippen LogP contribution in [0.1, 0.15) is 0 Å². The third-order valence-electron chi connectivity index (χ3n) is 23.5. The molecule has 18 aromatic carbocycles. The highest BCUT2D eigenvalue weighted by Gasteiger charge is 2.21. The van der Waals surface area contributed by atoms with E-state index in [2.05, 4.69) is 455 Å². The minimum Gasteiger partial charge on any atom is -0.309 e. The van der Waals surface area contributed by atoms with E-state index in [1.807, 2.05) is 18.3 Å². The van der Waals surface area contributed by atoms with Gasteiger partial charge in [0.25, 0.3) is 0 Å². The third-order valence-corrected chi connectivity index (χ3v) is 23.5. The molecule has 0 aliphatic rings. The van der Waals surface area contributed by atoms with Crippen LogP contribution < -0.4 is 0 Å². The average molecular weight is 1530 g/mol. The van der Waals surface area contributed by atoms with Gasteiger partial charge in [-0.2, -0.15) is 0 Å². The van der Waals surface area contributed by atoms with Crippen molar-refractivity contribution < 1.29 is 0 Å². The van der Waals surface area contributed by atoms with E-state index in [1.165, 1.54) is 143 Å². The zero-order valence-electron chi connectivity index (χ0n) is 65.4. The summed E-state index contributed by atoms with van der Waals surface area (Å²) in [6, 6.07) is 160. The quantitative estimate of drug-likeness (QED) is 0.130. The van der Waals surface area contributed by atoms with Gasteiger partial charge in [0.15, 0.2) is 5.82 Å². The molecule has 0 amide bonds. The molecule has 0 atom stereocenters. The first-order chi connectivity index (χ1) is 59.5. The van der Waals surface area contributed by atoms with Gasteiger partial charge in [-0.3, -0.25) is 4.98 Å². The molecule has 24 aromatic rings. The minimum absolute atomic E-state index is 0.714. The Kier molecular flexibility index (Phi) is 17.8. The monoisotopic (exact) mass is 1530 g/mol. The van der Waals surface area contributed by atoms with Gasteiger partial charge < -0.3 is 18.3 Å². The van der Waals surface area contributed by atoms with Gasteiger partial charge in [0.05, 0.1) is 61.0 Å². The highest BCUT2D eigenvalue weighted by molar-refractivity contribution is 6.14. The van der Waals surface area contributed by atoms with Crippen molar-refractivity contribution in [3.05, 3.63) is 455 Å². The molecule has 0 saturated carbocycles. The molecular formula is C113H75N7. The molecule has 6 aromatic heterocycles. The highest BCUT2D eigenvalue weighted by Crippen LogP contribution is 2.43. The van der Waals surface area contributed by atoms with Crippen LogP contribution in [0, 0.1) is 0 Å². The molecule has 0 spiro atoms. The molecule has 120 heavy (non-hydrogen) atoms. The Labute approximate surface area is 693 Å². The maximum Gasteiger partial charge on any atom is 0.160 e. The van der Waals surface area contributed by atoms with Gasteiger partial charge in [-0.05, 0) is 189 Å². The lowest BCUT2D eigenvalue weighted by molar-refractivity contribution is 1.17. The molecule has 0 aliphatic carbocycles. The molecule has 7 heteroatoms. The largest absolute Gasteiger partial charge is 0.309 e. The van der Waals surface area contributed by atoms with Crippen LogP contribution in [0.4, 0.5) is 0 Å². The van der Waals surface area contributed by atoms with Crippen LogP contribution in [-0.2, 0) is 0 Å². The van der Waals surface area contributed by atoms with Crippen molar-refractivity contribution in [2.45, 2.75) is 0 Å². The zero-order chi connectivity index (χ0) is 79.4. The van der Waals surface area contributed by atoms with Crippen molar-refractivity contribution in [1.82, 2.24) is 33.2 Å². The van der Waals surface area contributed by atoms with E-state index in [0.717, 1.165) is 61.3 Å². The summed E-state index contributed by atoms with van der Waals surface area (Å²) in [4.78, 5) is 15.2. The van der Waals surface area contributed by atoms with E-state index in [-0.39, 0.29) is 0 Å². The number of rotatable bonds is 11. The first-order valence-corrected chi connectivity index (χ1v) is 40.9. The predicted molar refractivity (Wildman–Crippen MR) is 503 cm³/mol. The first kappa shape index (κ1) is 70.5. The fourth-order valence-corrected chi connectivity index (χ4v) is 18.0. The van der Waals surface area contributed by atoms with E-state index in [9.17, 15) is 0 Å². The summed E-state index contributed by atoms with van der Waals surface area (Å²) in [5.41, 5.74) is 29.8. The fourth-order valence-electron chi connectivity index (χ4n) is 18.0. The van der Waals surface area contributed by atoms with Crippen LogP contribution in [-0.4, -0.2) is 33.2 Å². The molecule has 0 fully saturated rings. The van der Waals surface area contributed by atoms with Crippen LogP contribution in [0.5, 0.6) is 0 Å². The van der Waals surface area contributed by atoms with E-state index < -0.39 is 0 Å². The first-order valence-electron chi connectivity index (χ1n) is 40.9. The maximum absolute atomic E-state index is 5.20. The lowest BCUT2D eigenvalue weighted by Gasteiger charge is -2.15. The molecule has 0 radical (unpaired) electrons. The summed E-state index contributed by atoms with van der Waals surface area (Å²) in [5, 5.41) is 13.5. The van der Waals surface area contributed by atoms with Crippen LogP contribution in [0.25, 0.3) is 210 Å². The van der Waals surface area contributed by atoms with E-state index >= 15 is 0 Å². The molecule has 0 unspecified atom stereocenters. The zero-order valence-corrected chi connectivity index (χ0v) is 65.4. The Bertz CT molecular complexity index is 7770. The van der Waals surface area contributed by atoms with Gasteiger partial charge in [0.1, 0.15) is 0 Å². The van der Waals surface area contributed by atoms with Crippen LogP contribution >= 0.6 is 0 Å². The lowest BCUT2D eigenvalue weighted by Crippen LogP contribution is -1.98. The molecule has 562 valence electrons. The van der Waals surface area contributed by atoms with Crippen molar-refractivity contribution in [3.63, 3.8) is 0 Å². The molecule has 0 bridgehead atoms. The number of benzene rings is 18. The molecule has 0 saturated heterocycles. The van der Waals surface area contributed by atoms with E-state index in [0.29, 0.717) is 5.82 Å². The van der Waals surface area contributed by atoms with Crippen molar-refractivity contribution in [3.8, 4) is 101 Å². The Morgan fingerprint density at radius 3 is 0.992 bits per heavy atom. The number of hydrogen-bond donors (Lipinski definition) is 0. The Morgan fingerprint density at radius 1 is 0.158 bits per heavy atom. The van der Waals surface area contributed by atoms with Gasteiger partial charge in [0.2, 0.25) is 0 Å². The number of fused-ring (bicyclic) bond motifs is 14. The van der Waals surface area contributed by atoms with Crippen molar-refractivity contribution in [2.24, 2.45) is 0 Å². The minimum atomic E-state index is 0.714. The predicted octanol–water partition coefficient (Wildman–Crippen LogP) is 29.6. The summed E-state index contributed by atoms with van der Waals surface area (Å²) < 4.78 is 9.46. The summed E-state index contributed by atoms with van der Waals surface area (Å²) >= 11 is 0. The smallest absolute Gasteiger partial charge is 0.160 e. The fraction of sp³-hybridized carbons (Fsp3) is 0. The van der Waals surface area contributed by atoms with Gasteiger partial charge in [-0.15, -0.1) is 0 Å². The van der Waals surface area contributed by atoms with Crippen molar-refractivity contribution in [2.75, 3.05) is 0 Å². The number of pyridine rings is 1. The molecule has 0 N–H and O–H groups in total. The number of hydrogen-bond acceptors (Lipinski definition) is 3. The lowest BCUT2D eigenvalue weighted by atomic mass is 9.95. The third kappa shape index (κ3) is 12.7. The topological polar surface area (TPSA) is 58.4 Å². The van der Waals surface area contributed by atoms with Gasteiger partial charge in [-0.1, -0.05) is 309 Å². The second-order valence-corrected chi connectivity index (χ2v) is 30.6. The molecule has 7 nitrogen and oxygen atoms in total. The highest BCUT2D eigenvalue weighted by atomic mass is 15.0. The summed E-state index contributed by atoms with van der Waals surface area (Å²) in [7, 11) is 0. The van der Waals surface area contributed by atoms with E-state index in [1.54, 1.807) is 0 Å². The molecule has 6 heterocycles. The number of aromatic nitrogens is 7. The maximum atomic E-state index is 5.20. The summed E-state index contributed by atoms with van der Waals surface area (Å²) in [6.07, 6.45) is 1.92. The second-order valence-electron chi connectivity index (χ2n) is 30.6. The number of nitrogens with zero attached hydrogens (tertiary/aromatic N) is 7. The van der Waals surface area contributed by atoms with Gasteiger partial charge in [0, 0.05) is 99.5 Å². The van der Waals surface area contributed by atoms with Gasteiger partial charge in [-0.25, -0.2) is 9.97 Å². The average Bonchev–Trinajstić information content (AvgIpc) is 1.34. The summed E-state index contributed by atoms with van der Waals surface area (Å²) in [5.74, 6) is 0.714. The van der Waals surface area contributed by atoms with Gasteiger partial charge >= 0.3 is 0 Å². The second kappa shape index (κ2) is 30.3. The van der Waals surface area contributed by atoms with Crippen molar-refractivity contribution >= 4 is 109 Å². The Balaban J connectivity index is 0.000000108. The summed E-state index contributed by atoms with van der Waals surface area (Å²) in [6.45, 7) is 0.